The Morgan fingerprint density at radius 1 is 1.43 bits per heavy atom. The second-order valence-corrected chi connectivity index (χ2v) is 5.07. The summed E-state index contributed by atoms with van der Waals surface area (Å²) in [6.07, 6.45) is 2.44. The van der Waals surface area contributed by atoms with Gasteiger partial charge in [0.25, 0.3) is 0 Å². The van der Waals surface area contributed by atoms with E-state index in [1.54, 1.807) is 6.26 Å². The van der Waals surface area contributed by atoms with Crippen molar-refractivity contribution in [1.29, 1.82) is 0 Å². The lowest BCUT2D eigenvalue weighted by molar-refractivity contribution is -0.120. The Morgan fingerprint density at radius 3 is 2.57 bits per heavy atom. The van der Waals surface area contributed by atoms with Crippen LogP contribution >= 0.6 is 0 Å². The molecular formula is C9H20N2O2S. The standard InChI is InChI=1S/C9H20N2O2S/c1-8(2)11-7-9(12)10-5-4-6-14(3)13/h8,11H,4-7H2,1-3H3,(H,10,12). The van der Waals surface area contributed by atoms with Crippen LogP contribution in [0.25, 0.3) is 0 Å². The highest BCUT2D eigenvalue weighted by Gasteiger charge is 2.01. The zero-order valence-corrected chi connectivity index (χ0v) is 9.95. The zero-order valence-electron chi connectivity index (χ0n) is 9.13. The number of rotatable bonds is 7. The molecule has 0 aliphatic carbocycles. The zero-order chi connectivity index (χ0) is 11.0. The molecule has 0 aromatic rings. The van der Waals surface area contributed by atoms with Crippen molar-refractivity contribution in [3.05, 3.63) is 0 Å². The third kappa shape index (κ3) is 9.67. The maximum Gasteiger partial charge on any atom is 0.233 e. The average molecular weight is 220 g/mol. The van der Waals surface area contributed by atoms with Crippen molar-refractivity contribution in [2.24, 2.45) is 0 Å². The molecule has 2 N–H and O–H groups in total. The van der Waals surface area contributed by atoms with Gasteiger partial charge in [-0.15, -0.1) is 0 Å². The highest BCUT2D eigenvalue weighted by Crippen LogP contribution is 1.81. The molecule has 0 fully saturated rings. The molecule has 4 nitrogen and oxygen atoms in total. The van der Waals surface area contributed by atoms with Crippen LogP contribution in [0.3, 0.4) is 0 Å². The van der Waals surface area contributed by atoms with Crippen LogP contribution in [0.5, 0.6) is 0 Å². The molecule has 0 rings (SSSR count). The van der Waals surface area contributed by atoms with Crippen molar-refractivity contribution in [3.8, 4) is 0 Å². The second-order valence-electron chi connectivity index (χ2n) is 3.52. The maximum atomic E-state index is 11.1. The normalized spacial score (nSPS) is 12.9. The van der Waals surface area contributed by atoms with E-state index in [4.69, 9.17) is 0 Å². The van der Waals surface area contributed by atoms with E-state index in [1.165, 1.54) is 0 Å². The lowest BCUT2D eigenvalue weighted by Gasteiger charge is -2.08. The molecule has 0 bridgehead atoms. The third-order valence-electron chi connectivity index (χ3n) is 1.60. The Balaban J connectivity index is 3.31. The van der Waals surface area contributed by atoms with E-state index in [9.17, 15) is 9.00 Å². The van der Waals surface area contributed by atoms with Crippen LogP contribution in [0.1, 0.15) is 20.3 Å². The first kappa shape index (κ1) is 13.6. The van der Waals surface area contributed by atoms with Gasteiger partial charge >= 0.3 is 0 Å². The molecule has 0 saturated heterocycles. The van der Waals surface area contributed by atoms with Gasteiger partial charge in [-0.05, 0) is 6.42 Å². The minimum Gasteiger partial charge on any atom is -0.355 e. The van der Waals surface area contributed by atoms with E-state index in [2.05, 4.69) is 10.6 Å². The van der Waals surface area contributed by atoms with Gasteiger partial charge in [-0.2, -0.15) is 0 Å². The molecule has 0 spiro atoms. The Kier molecular flexibility index (Phi) is 7.70. The molecule has 0 heterocycles. The number of amides is 1. The van der Waals surface area contributed by atoms with E-state index in [1.807, 2.05) is 13.8 Å². The largest absolute Gasteiger partial charge is 0.355 e. The van der Waals surface area contributed by atoms with Gasteiger partial charge in [0.05, 0.1) is 6.54 Å². The maximum absolute atomic E-state index is 11.1. The summed E-state index contributed by atoms with van der Waals surface area (Å²) < 4.78 is 10.7. The summed E-state index contributed by atoms with van der Waals surface area (Å²) in [4.78, 5) is 11.1. The molecule has 84 valence electrons. The average Bonchev–Trinajstić information content (AvgIpc) is 2.08. The predicted molar refractivity (Wildman–Crippen MR) is 59.7 cm³/mol. The first-order valence-corrected chi connectivity index (χ1v) is 6.55. The van der Waals surface area contributed by atoms with Gasteiger partial charge in [-0.25, -0.2) is 0 Å². The fraction of sp³-hybridized carbons (Fsp3) is 0.889. The Labute approximate surface area is 88.3 Å². The highest BCUT2D eigenvalue weighted by molar-refractivity contribution is 7.84. The van der Waals surface area contributed by atoms with Crippen molar-refractivity contribution in [1.82, 2.24) is 10.6 Å². The lowest BCUT2D eigenvalue weighted by Crippen LogP contribution is -2.37. The Bertz CT molecular complexity index is 195. The summed E-state index contributed by atoms with van der Waals surface area (Å²) >= 11 is 0. The molecule has 0 aliphatic heterocycles. The number of carbonyl (C=O) groups is 1. The van der Waals surface area contributed by atoms with Gasteiger partial charge in [-0.1, -0.05) is 13.8 Å². The van der Waals surface area contributed by atoms with Crippen LogP contribution in [0.2, 0.25) is 0 Å². The van der Waals surface area contributed by atoms with Crippen LogP contribution < -0.4 is 10.6 Å². The van der Waals surface area contributed by atoms with E-state index >= 15 is 0 Å². The van der Waals surface area contributed by atoms with Crippen molar-refractivity contribution in [3.63, 3.8) is 0 Å². The lowest BCUT2D eigenvalue weighted by atomic mass is 10.4. The van der Waals surface area contributed by atoms with Crippen LogP contribution in [-0.2, 0) is 15.6 Å². The quantitative estimate of drug-likeness (QED) is 0.588. The molecule has 0 aromatic carbocycles. The first-order valence-electron chi connectivity index (χ1n) is 4.82. The summed E-state index contributed by atoms with van der Waals surface area (Å²) in [5.74, 6) is 0.651. The van der Waals surface area contributed by atoms with Gasteiger partial charge in [0.15, 0.2) is 0 Å². The molecule has 0 saturated carbocycles. The van der Waals surface area contributed by atoms with Crippen LogP contribution in [-0.4, -0.2) is 41.3 Å². The van der Waals surface area contributed by atoms with E-state index in [0.29, 0.717) is 24.9 Å². The molecule has 5 heteroatoms. The van der Waals surface area contributed by atoms with Gasteiger partial charge in [0.2, 0.25) is 5.91 Å². The van der Waals surface area contributed by atoms with Crippen molar-refractivity contribution in [2.45, 2.75) is 26.3 Å². The molecule has 0 aromatic heterocycles. The first-order chi connectivity index (χ1) is 6.52. The topological polar surface area (TPSA) is 58.2 Å². The number of nitrogens with one attached hydrogen (secondary N) is 2. The predicted octanol–water partition coefficient (Wildman–Crippen LogP) is -0.131. The molecule has 1 amide bonds. The summed E-state index contributed by atoms with van der Waals surface area (Å²) in [6, 6.07) is 0.323. The SMILES string of the molecule is CC(C)NCC(=O)NCCCS(C)=O. The fourth-order valence-corrected chi connectivity index (χ4v) is 1.41. The summed E-state index contributed by atoms with van der Waals surface area (Å²) in [7, 11) is -0.758. The molecule has 1 unspecified atom stereocenters. The van der Waals surface area contributed by atoms with Crippen LogP contribution in [0, 0.1) is 0 Å². The van der Waals surface area contributed by atoms with Gasteiger partial charge in [-0.3, -0.25) is 9.00 Å². The van der Waals surface area contributed by atoms with Crippen LogP contribution in [0.15, 0.2) is 0 Å². The molecule has 14 heavy (non-hydrogen) atoms. The van der Waals surface area contributed by atoms with Crippen molar-refractivity contribution >= 4 is 16.7 Å². The third-order valence-corrected chi connectivity index (χ3v) is 2.47. The number of hydrogen-bond donors (Lipinski definition) is 2. The Hall–Kier alpha value is -0.420. The van der Waals surface area contributed by atoms with Gasteiger partial charge < -0.3 is 10.6 Å². The highest BCUT2D eigenvalue weighted by atomic mass is 32.2. The monoisotopic (exact) mass is 220 g/mol. The van der Waals surface area contributed by atoms with E-state index < -0.39 is 10.8 Å². The van der Waals surface area contributed by atoms with Gasteiger partial charge in [0, 0.05) is 35.4 Å². The fourth-order valence-electron chi connectivity index (χ4n) is 0.863. The van der Waals surface area contributed by atoms with Gasteiger partial charge in [0.1, 0.15) is 0 Å². The molecule has 0 aliphatic rings. The minimum absolute atomic E-state index is 0.000542. The summed E-state index contributed by atoms with van der Waals surface area (Å²) in [5.41, 5.74) is 0. The molecule has 1 atom stereocenters. The summed E-state index contributed by atoms with van der Waals surface area (Å²) in [5, 5.41) is 5.78. The smallest absolute Gasteiger partial charge is 0.233 e. The van der Waals surface area contributed by atoms with E-state index in [0.717, 1.165) is 6.42 Å². The van der Waals surface area contributed by atoms with Crippen LogP contribution in [0.4, 0.5) is 0 Å². The second kappa shape index (κ2) is 7.94. The van der Waals surface area contributed by atoms with Crippen molar-refractivity contribution < 1.29 is 9.00 Å². The molecular weight excluding hydrogens is 200 g/mol. The number of carbonyl (C=O) groups excluding carboxylic acids is 1. The Morgan fingerprint density at radius 2 is 2.07 bits per heavy atom. The van der Waals surface area contributed by atoms with Crippen molar-refractivity contribution in [2.75, 3.05) is 25.1 Å². The summed E-state index contributed by atoms with van der Waals surface area (Å²) in [6.45, 7) is 4.95. The minimum atomic E-state index is -0.758. The van der Waals surface area contributed by atoms with E-state index in [-0.39, 0.29) is 5.91 Å². The molecule has 0 radical (unpaired) electrons. The number of hydrogen-bond acceptors (Lipinski definition) is 3.